The summed E-state index contributed by atoms with van der Waals surface area (Å²) in [5.74, 6) is 0.513. The van der Waals surface area contributed by atoms with E-state index in [9.17, 15) is 0 Å². The molecular formula is C27H24ClN5O. The third-order valence-corrected chi connectivity index (χ3v) is 5.63. The molecule has 0 fully saturated rings. The summed E-state index contributed by atoms with van der Waals surface area (Å²) in [5.41, 5.74) is 6.17. The molecule has 2 heterocycles. The van der Waals surface area contributed by atoms with E-state index in [0.29, 0.717) is 10.9 Å². The molecule has 1 aromatic heterocycles. The van der Waals surface area contributed by atoms with Crippen LogP contribution in [0.25, 0.3) is 28.1 Å². The first-order chi connectivity index (χ1) is 16.5. The Kier molecular flexibility index (Phi) is 5.90. The Balaban J connectivity index is 1.83. The number of anilines is 2. The van der Waals surface area contributed by atoms with Gasteiger partial charge in [-0.3, -0.25) is 4.99 Å². The average Bonchev–Trinajstić information content (AvgIpc) is 2.83. The van der Waals surface area contributed by atoms with Crippen LogP contribution in [0, 0.1) is 0 Å². The van der Waals surface area contributed by atoms with Gasteiger partial charge < -0.3 is 14.6 Å². The van der Waals surface area contributed by atoms with E-state index in [4.69, 9.17) is 26.3 Å². The molecule has 1 aliphatic carbocycles. The first kappa shape index (κ1) is 21.9. The number of benzene rings is 3. The molecule has 1 N–H and O–H groups in total. The molecule has 0 amide bonds. The van der Waals surface area contributed by atoms with Crippen molar-refractivity contribution in [2.24, 2.45) is 4.99 Å². The van der Waals surface area contributed by atoms with E-state index in [1.165, 1.54) is 0 Å². The lowest BCUT2D eigenvalue weighted by Gasteiger charge is -2.20. The maximum Gasteiger partial charge on any atom is 0.237 e. The van der Waals surface area contributed by atoms with Gasteiger partial charge >= 0.3 is 0 Å². The minimum absolute atomic E-state index is 0.0989. The zero-order chi connectivity index (χ0) is 23.7. The number of rotatable bonds is 5. The van der Waals surface area contributed by atoms with Gasteiger partial charge in [0.2, 0.25) is 5.88 Å². The van der Waals surface area contributed by atoms with Crippen molar-refractivity contribution in [1.82, 2.24) is 14.5 Å². The SMILES string of the molecule is COc1ncccc1Nc1cc2nc3ccccc3n(-c3cccc(Cl)c3)c-2cc1=NC(C)C. The van der Waals surface area contributed by atoms with Crippen molar-refractivity contribution in [3.8, 4) is 23.0 Å². The lowest BCUT2D eigenvalue weighted by Crippen LogP contribution is -2.16. The second-order valence-electron chi connectivity index (χ2n) is 8.18. The molecule has 0 radical (unpaired) electrons. The number of para-hydroxylation sites is 2. The monoisotopic (exact) mass is 469 g/mol. The number of nitrogens with zero attached hydrogens (tertiary/aromatic N) is 4. The lowest BCUT2D eigenvalue weighted by atomic mass is 10.1. The molecule has 2 aliphatic rings. The van der Waals surface area contributed by atoms with Gasteiger partial charge in [-0.25, -0.2) is 9.97 Å². The molecular weight excluding hydrogens is 446 g/mol. The van der Waals surface area contributed by atoms with Crippen LogP contribution in [0.4, 0.5) is 11.4 Å². The Morgan fingerprint density at radius 2 is 1.82 bits per heavy atom. The van der Waals surface area contributed by atoms with Gasteiger partial charge in [-0.05, 0) is 68.4 Å². The number of hydrogen-bond donors (Lipinski definition) is 1. The summed E-state index contributed by atoms with van der Waals surface area (Å²) in [6.07, 6.45) is 1.70. The minimum Gasteiger partial charge on any atom is -0.480 e. The van der Waals surface area contributed by atoms with Gasteiger partial charge in [0.05, 0.1) is 40.6 Å². The maximum atomic E-state index is 6.37. The van der Waals surface area contributed by atoms with E-state index in [1.54, 1.807) is 13.3 Å². The second-order valence-corrected chi connectivity index (χ2v) is 8.62. The number of fused-ring (bicyclic) bond motifs is 2. The van der Waals surface area contributed by atoms with Crippen LogP contribution in [0.15, 0.2) is 84.0 Å². The van der Waals surface area contributed by atoms with Crippen molar-refractivity contribution in [2.75, 3.05) is 12.4 Å². The molecule has 7 heteroatoms. The molecule has 0 bridgehead atoms. The molecule has 34 heavy (non-hydrogen) atoms. The van der Waals surface area contributed by atoms with Crippen molar-refractivity contribution in [2.45, 2.75) is 19.9 Å². The Hall–Kier alpha value is -3.90. The number of nitrogens with one attached hydrogen (secondary N) is 1. The lowest BCUT2D eigenvalue weighted by molar-refractivity contribution is 0.400. The number of ether oxygens (including phenoxy) is 1. The first-order valence-electron chi connectivity index (χ1n) is 11.0. The molecule has 0 atom stereocenters. The maximum absolute atomic E-state index is 6.37. The highest BCUT2D eigenvalue weighted by Gasteiger charge is 2.17. The van der Waals surface area contributed by atoms with Gasteiger partial charge in [-0.1, -0.05) is 29.8 Å². The standard InChI is InChI=1S/C27H24ClN5O/c1-17(2)30-23-16-26-24(15-22(23)32-21-11-7-13-29-27(21)34-3)31-20-10-4-5-12-25(20)33(26)19-9-6-8-18(28)14-19/h4-17,32H,1-3H3. The summed E-state index contributed by atoms with van der Waals surface area (Å²) in [6, 6.07) is 23.9. The molecule has 0 unspecified atom stereocenters. The van der Waals surface area contributed by atoms with Gasteiger partial charge in [-0.2, -0.15) is 0 Å². The number of aromatic nitrogens is 3. The summed E-state index contributed by atoms with van der Waals surface area (Å²) in [4.78, 5) is 14.2. The van der Waals surface area contributed by atoms with E-state index in [-0.39, 0.29) is 6.04 Å². The van der Waals surface area contributed by atoms with Crippen LogP contribution < -0.4 is 15.4 Å². The van der Waals surface area contributed by atoms with Crippen LogP contribution in [0.2, 0.25) is 5.02 Å². The summed E-state index contributed by atoms with van der Waals surface area (Å²) < 4.78 is 7.61. The number of hydrogen-bond acceptors (Lipinski definition) is 5. The zero-order valence-electron chi connectivity index (χ0n) is 19.2. The molecule has 0 saturated heterocycles. The molecule has 0 spiro atoms. The fraction of sp³-hybridized carbons (Fsp3) is 0.148. The summed E-state index contributed by atoms with van der Waals surface area (Å²) >= 11 is 6.37. The van der Waals surface area contributed by atoms with Crippen molar-refractivity contribution in [3.05, 3.63) is 89.4 Å². The van der Waals surface area contributed by atoms with Gasteiger partial charge in [0.25, 0.3) is 0 Å². The summed E-state index contributed by atoms with van der Waals surface area (Å²) in [7, 11) is 1.61. The molecule has 170 valence electrons. The Morgan fingerprint density at radius 3 is 2.62 bits per heavy atom. The van der Waals surface area contributed by atoms with Crippen molar-refractivity contribution in [1.29, 1.82) is 0 Å². The Morgan fingerprint density at radius 1 is 0.971 bits per heavy atom. The average molecular weight is 470 g/mol. The third kappa shape index (κ3) is 4.20. The van der Waals surface area contributed by atoms with Gasteiger partial charge in [0.1, 0.15) is 5.69 Å². The van der Waals surface area contributed by atoms with E-state index < -0.39 is 0 Å². The predicted molar refractivity (Wildman–Crippen MR) is 137 cm³/mol. The van der Waals surface area contributed by atoms with Crippen LogP contribution in [0.5, 0.6) is 5.88 Å². The fourth-order valence-corrected chi connectivity index (χ4v) is 4.20. The van der Waals surface area contributed by atoms with Gasteiger partial charge in [-0.15, -0.1) is 0 Å². The van der Waals surface area contributed by atoms with Crippen LogP contribution >= 0.6 is 11.6 Å². The van der Waals surface area contributed by atoms with E-state index in [0.717, 1.165) is 44.8 Å². The van der Waals surface area contributed by atoms with Crippen LogP contribution in [0.3, 0.4) is 0 Å². The number of halogens is 1. The van der Waals surface area contributed by atoms with E-state index >= 15 is 0 Å². The third-order valence-electron chi connectivity index (χ3n) is 5.39. The summed E-state index contributed by atoms with van der Waals surface area (Å²) in [6.45, 7) is 4.12. The zero-order valence-corrected chi connectivity index (χ0v) is 19.9. The van der Waals surface area contributed by atoms with E-state index in [1.807, 2.05) is 60.7 Å². The molecule has 0 saturated carbocycles. The molecule has 1 aliphatic heterocycles. The normalized spacial score (nSPS) is 12.0. The molecule has 3 aromatic rings. The van der Waals surface area contributed by atoms with Crippen molar-refractivity contribution >= 4 is 34.0 Å². The number of pyridine rings is 1. The highest BCUT2D eigenvalue weighted by Crippen LogP contribution is 2.32. The summed E-state index contributed by atoms with van der Waals surface area (Å²) in [5, 5.41) is 4.95. The Labute approximate surface area is 202 Å². The van der Waals surface area contributed by atoms with Gasteiger partial charge in [0, 0.05) is 22.9 Å². The van der Waals surface area contributed by atoms with Crippen molar-refractivity contribution < 1.29 is 4.74 Å². The quantitative estimate of drug-likeness (QED) is 0.309. The van der Waals surface area contributed by atoms with Crippen LogP contribution in [0.1, 0.15) is 13.8 Å². The second kappa shape index (κ2) is 9.15. The van der Waals surface area contributed by atoms with Crippen LogP contribution in [-0.4, -0.2) is 27.7 Å². The van der Waals surface area contributed by atoms with E-state index in [2.05, 4.69) is 40.8 Å². The van der Waals surface area contributed by atoms with Gasteiger partial charge in [0.15, 0.2) is 0 Å². The Bertz CT molecular complexity index is 1530. The molecule has 5 rings (SSSR count). The highest BCUT2D eigenvalue weighted by molar-refractivity contribution is 6.30. The van der Waals surface area contributed by atoms with Crippen molar-refractivity contribution in [3.63, 3.8) is 0 Å². The first-order valence-corrected chi connectivity index (χ1v) is 11.4. The highest BCUT2D eigenvalue weighted by atomic mass is 35.5. The van der Waals surface area contributed by atoms with Crippen LogP contribution in [-0.2, 0) is 0 Å². The molecule has 2 aromatic carbocycles. The largest absolute Gasteiger partial charge is 0.480 e. The number of methoxy groups -OCH3 is 1. The minimum atomic E-state index is 0.0989. The fourth-order valence-electron chi connectivity index (χ4n) is 4.01. The smallest absolute Gasteiger partial charge is 0.237 e. The molecule has 6 nitrogen and oxygen atoms in total. The predicted octanol–water partition coefficient (Wildman–Crippen LogP) is 6.24. The topological polar surface area (TPSA) is 64.3 Å².